The highest BCUT2D eigenvalue weighted by Gasteiger charge is 2.03. The molecule has 0 atom stereocenters. The quantitative estimate of drug-likeness (QED) is 0.821. The summed E-state index contributed by atoms with van der Waals surface area (Å²) in [5.41, 5.74) is 6.23. The fourth-order valence-electron chi connectivity index (χ4n) is 0.676. The fourth-order valence-corrected chi connectivity index (χ4v) is 1.02. The molecule has 0 spiro atoms. The average Bonchev–Trinajstić information content (AvgIpc) is 1.99. The van der Waals surface area contributed by atoms with Crippen LogP contribution in [0.1, 0.15) is 6.92 Å². The third kappa shape index (κ3) is 1.83. The number of nitrogens with two attached hydrogens (primary N) is 1. The Morgan fingerprint density at radius 1 is 1.73 bits per heavy atom. The predicted molar refractivity (Wildman–Crippen MR) is 47.5 cm³/mol. The minimum atomic E-state index is 0.549. The van der Waals surface area contributed by atoms with Crippen molar-refractivity contribution in [3.05, 3.63) is 16.7 Å². The molecule has 0 aliphatic rings. The van der Waals surface area contributed by atoms with Crippen molar-refractivity contribution in [2.75, 3.05) is 12.3 Å². The predicted octanol–water partition coefficient (Wildman–Crippen LogP) is 1.82. The van der Waals surface area contributed by atoms with Gasteiger partial charge < -0.3 is 10.5 Å². The smallest absolute Gasteiger partial charge is 0.230 e. The molecule has 1 heterocycles. The van der Waals surface area contributed by atoms with Crippen LogP contribution in [0.5, 0.6) is 5.88 Å². The van der Waals surface area contributed by atoms with E-state index in [9.17, 15) is 0 Å². The SMILES string of the molecule is CCOc1nccc(N)c1Br. The summed E-state index contributed by atoms with van der Waals surface area (Å²) in [6, 6.07) is 1.71. The molecule has 0 unspecified atom stereocenters. The summed E-state index contributed by atoms with van der Waals surface area (Å²) in [7, 11) is 0. The van der Waals surface area contributed by atoms with E-state index in [4.69, 9.17) is 10.5 Å². The molecule has 4 heteroatoms. The first kappa shape index (κ1) is 8.33. The molecule has 3 nitrogen and oxygen atoms in total. The van der Waals surface area contributed by atoms with Gasteiger partial charge >= 0.3 is 0 Å². The van der Waals surface area contributed by atoms with Crippen molar-refractivity contribution >= 4 is 21.6 Å². The monoisotopic (exact) mass is 216 g/mol. The van der Waals surface area contributed by atoms with Gasteiger partial charge in [-0.1, -0.05) is 0 Å². The number of anilines is 1. The van der Waals surface area contributed by atoms with Crippen LogP contribution in [-0.2, 0) is 0 Å². The van der Waals surface area contributed by atoms with E-state index in [1.807, 2.05) is 6.92 Å². The van der Waals surface area contributed by atoms with Crippen molar-refractivity contribution in [2.45, 2.75) is 6.92 Å². The van der Waals surface area contributed by atoms with Gasteiger partial charge in [0.15, 0.2) is 0 Å². The Morgan fingerprint density at radius 3 is 3.09 bits per heavy atom. The molecule has 2 N–H and O–H groups in total. The second-order valence-corrected chi connectivity index (χ2v) is 2.75. The molecular formula is C7H9BrN2O. The van der Waals surface area contributed by atoms with Crippen LogP contribution in [0.25, 0.3) is 0 Å². The maximum Gasteiger partial charge on any atom is 0.230 e. The second-order valence-electron chi connectivity index (χ2n) is 1.95. The Kier molecular flexibility index (Phi) is 2.70. The molecule has 0 bridgehead atoms. The van der Waals surface area contributed by atoms with Crippen molar-refractivity contribution in [1.29, 1.82) is 0 Å². The number of halogens is 1. The summed E-state index contributed by atoms with van der Waals surface area (Å²) in [6.45, 7) is 2.49. The van der Waals surface area contributed by atoms with E-state index in [-0.39, 0.29) is 0 Å². The van der Waals surface area contributed by atoms with Crippen LogP contribution in [0.3, 0.4) is 0 Å². The number of rotatable bonds is 2. The molecule has 0 aliphatic carbocycles. The Balaban J connectivity index is 2.96. The van der Waals surface area contributed by atoms with Crippen molar-refractivity contribution in [1.82, 2.24) is 4.98 Å². The normalized spacial score (nSPS) is 9.64. The van der Waals surface area contributed by atoms with Crippen molar-refractivity contribution < 1.29 is 4.74 Å². The molecule has 0 fully saturated rings. The van der Waals surface area contributed by atoms with Crippen LogP contribution in [0.15, 0.2) is 16.7 Å². The summed E-state index contributed by atoms with van der Waals surface area (Å²) >= 11 is 3.27. The van der Waals surface area contributed by atoms with E-state index in [1.54, 1.807) is 12.3 Å². The Labute approximate surface area is 73.7 Å². The van der Waals surface area contributed by atoms with Gasteiger partial charge in [-0.15, -0.1) is 0 Å². The third-order valence-electron chi connectivity index (χ3n) is 1.17. The highest BCUT2D eigenvalue weighted by molar-refractivity contribution is 9.10. The maximum atomic E-state index is 5.58. The molecule has 0 saturated carbocycles. The van der Waals surface area contributed by atoms with Gasteiger partial charge in [0, 0.05) is 6.20 Å². The molecule has 0 radical (unpaired) electrons. The summed E-state index contributed by atoms with van der Waals surface area (Å²) in [6.07, 6.45) is 1.62. The van der Waals surface area contributed by atoms with Gasteiger partial charge in [-0.25, -0.2) is 4.98 Å². The number of nitrogen functional groups attached to an aromatic ring is 1. The number of hydrogen-bond acceptors (Lipinski definition) is 3. The van der Waals surface area contributed by atoms with Crippen LogP contribution < -0.4 is 10.5 Å². The van der Waals surface area contributed by atoms with Gasteiger partial charge in [0.25, 0.3) is 0 Å². The number of ether oxygens (including phenoxy) is 1. The van der Waals surface area contributed by atoms with Gasteiger partial charge in [0.05, 0.1) is 12.3 Å². The van der Waals surface area contributed by atoms with Crippen LogP contribution in [0, 0.1) is 0 Å². The lowest BCUT2D eigenvalue weighted by Crippen LogP contribution is -1.97. The van der Waals surface area contributed by atoms with Crippen LogP contribution >= 0.6 is 15.9 Å². The summed E-state index contributed by atoms with van der Waals surface area (Å²) in [5, 5.41) is 0. The van der Waals surface area contributed by atoms with Crippen LogP contribution in [0.2, 0.25) is 0 Å². The third-order valence-corrected chi connectivity index (χ3v) is 1.97. The zero-order valence-corrected chi connectivity index (χ0v) is 7.76. The fraction of sp³-hybridized carbons (Fsp3) is 0.286. The van der Waals surface area contributed by atoms with Crippen LogP contribution in [-0.4, -0.2) is 11.6 Å². The largest absolute Gasteiger partial charge is 0.477 e. The summed E-state index contributed by atoms with van der Waals surface area (Å²) < 4.78 is 5.90. The molecule has 11 heavy (non-hydrogen) atoms. The lowest BCUT2D eigenvalue weighted by atomic mass is 10.4. The average molecular weight is 217 g/mol. The number of hydrogen-bond donors (Lipinski definition) is 1. The van der Waals surface area contributed by atoms with Crippen molar-refractivity contribution in [2.24, 2.45) is 0 Å². The summed E-state index contributed by atoms with van der Waals surface area (Å²) in [5.74, 6) is 0.549. The van der Waals surface area contributed by atoms with E-state index < -0.39 is 0 Å². The Hall–Kier alpha value is -0.770. The highest BCUT2D eigenvalue weighted by Crippen LogP contribution is 2.27. The first-order chi connectivity index (χ1) is 5.25. The van der Waals surface area contributed by atoms with Crippen molar-refractivity contribution in [3.8, 4) is 5.88 Å². The first-order valence-corrected chi connectivity index (χ1v) is 4.07. The molecule has 1 aromatic rings. The van der Waals surface area contributed by atoms with E-state index in [0.717, 1.165) is 4.47 Å². The van der Waals surface area contributed by atoms with Gasteiger partial charge in [-0.2, -0.15) is 0 Å². The zero-order valence-electron chi connectivity index (χ0n) is 6.17. The number of pyridine rings is 1. The minimum Gasteiger partial charge on any atom is -0.477 e. The second kappa shape index (κ2) is 3.57. The Morgan fingerprint density at radius 2 is 2.45 bits per heavy atom. The maximum absolute atomic E-state index is 5.58. The highest BCUT2D eigenvalue weighted by atomic mass is 79.9. The van der Waals surface area contributed by atoms with Gasteiger partial charge in [-0.05, 0) is 28.9 Å². The van der Waals surface area contributed by atoms with Gasteiger partial charge in [-0.3, -0.25) is 0 Å². The molecule has 0 saturated heterocycles. The molecule has 1 aromatic heterocycles. The minimum absolute atomic E-state index is 0.549. The number of nitrogens with zero attached hydrogens (tertiary/aromatic N) is 1. The Bertz CT molecular complexity index is 252. The van der Waals surface area contributed by atoms with E-state index in [1.165, 1.54) is 0 Å². The lowest BCUT2D eigenvalue weighted by Gasteiger charge is -2.04. The van der Waals surface area contributed by atoms with E-state index >= 15 is 0 Å². The first-order valence-electron chi connectivity index (χ1n) is 3.28. The molecule has 1 rings (SSSR count). The van der Waals surface area contributed by atoms with E-state index in [0.29, 0.717) is 18.2 Å². The zero-order chi connectivity index (χ0) is 8.27. The van der Waals surface area contributed by atoms with Crippen LogP contribution in [0.4, 0.5) is 5.69 Å². The molecule has 0 aliphatic heterocycles. The summed E-state index contributed by atoms with van der Waals surface area (Å²) in [4.78, 5) is 3.98. The standard InChI is InChI=1S/C7H9BrN2O/c1-2-11-7-6(8)5(9)3-4-10-7/h3-4H,2H2,1H3,(H2,9,10). The molecule has 0 aromatic carbocycles. The van der Waals surface area contributed by atoms with Crippen molar-refractivity contribution in [3.63, 3.8) is 0 Å². The topological polar surface area (TPSA) is 48.1 Å². The van der Waals surface area contributed by atoms with Gasteiger partial charge in [0.1, 0.15) is 4.47 Å². The lowest BCUT2D eigenvalue weighted by molar-refractivity contribution is 0.325. The molecular weight excluding hydrogens is 208 g/mol. The molecule has 0 amide bonds. The molecule has 60 valence electrons. The van der Waals surface area contributed by atoms with Gasteiger partial charge in [0.2, 0.25) is 5.88 Å². The van der Waals surface area contributed by atoms with E-state index in [2.05, 4.69) is 20.9 Å². The number of aromatic nitrogens is 1.